The van der Waals surface area contributed by atoms with E-state index in [1.807, 2.05) is 6.07 Å². The van der Waals surface area contributed by atoms with Crippen LogP contribution in [0, 0.1) is 5.82 Å². The van der Waals surface area contributed by atoms with Crippen LogP contribution in [0.15, 0.2) is 24.3 Å². The number of nitrogens with two attached hydrogens (primary N) is 1. The summed E-state index contributed by atoms with van der Waals surface area (Å²) < 4.78 is 13.5. The normalized spacial score (nSPS) is 25.9. The van der Waals surface area contributed by atoms with E-state index in [-0.39, 0.29) is 11.4 Å². The Labute approximate surface area is 95.4 Å². The second kappa shape index (κ2) is 4.39. The van der Waals surface area contributed by atoms with Gasteiger partial charge in [-0.3, -0.25) is 0 Å². The minimum absolute atomic E-state index is 0.184. The van der Waals surface area contributed by atoms with Crippen molar-refractivity contribution in [3.05, 3.63) is 30.1 Å². The van der Waals surface area contributed by atoms with Crippen LogP contribution in [0.5, 0.6) is 0 Å². The van der Waals surface area contributed by atoms with Gasteiger partial charge in [-0.2, -0.15) is 0 Å². The van der Waals surface area contributed by atoms with E-state index in [1.165, 1.54) is 6.07 Å². The van der Waals surface area contributed by atoms with Crippen LogP contribution in [0.4, 0.5) is 10.1 Å². The van der Waals surface area contributed by atoms with E-state index in [9.17, 15) is 4.39 Å². The fourth-order valence-electron chi connectivity index (χ4n) is 2.25. The predicted molar refractivity (Wildman–Crippen MR) is 63.9 cm³/mol. The summed E-state index contributed by atoms with van der Waals surface area (Å²) in [4.78, 5) is 2.21. The number of benzene rings is 1. The SMILES string of the molecule is CN1CCC(CN)(Nc2ccccc2F)C1. The average molecular weight is 223 g/mol. The first kappa shape index (κ1) is 11.4. The molecular formula is C12H18FN3. The Morgan fingerprint density at radius 1 is 1.50 bits per heavy atom. The van der Waals surface area contributed by atoms with Gasteiger partial charge in [-0.05, 0) is 25.6 Å². The molecule has 4 heteroatoms. The number of nitrogens with one attached hydrogen (secondary N) is 1. The number of rotatable bonds is 3. The van der Waals surface area contributed by atoms with Gasteiger partial charge in [-0.25, -0.2) is 4.39 Å². The molecule has 1 saturated heterocycles. The van der Waals surface area contributed by atoms with Crippen molar-refractivity contribution in [3.63, 3.8) is 0 Å². The smallest absolute Gasteiger partial charge is 0.146 e. The minimum atomic E-state index is -0.218. The Hall–Kier alpha value is -1.13. The van der Waals surface area contributed by atoms with Gasteiger partial charge in [-0.15, -0.1) is 0 Å². The molecule has 1 aromatic carbocycles. The van der Waals surface area contributed by atoms with Crippen molar-refractivity contribution in [2.24, 2.45) is 5.73 Å². The average Bonchev–Trinajstić information content (AvgIpc) is 2.65. The monoisotopic (exact) mass is 223 g/mol. The molecule has 1 heterocycles. The topological polar surface area (TPSA) is 41.3 Å². The number of likely N-dealkylation sites (tertiary alicyclic amines) is 1. The summed E-state index contributed by atoms with van der Waals surface area (Å²) in [7, 11) is 2.06. The van der Waals surface area contributed by atoms with E-state index in [1.54, 1.807) is 12.1 Å². The van der Waals surface area contributed by atoms with E-state index in [0.717, 1.165) is 19.5 Å². The Bertz CT molecular complexity index is 369. The van der Waals surface area contributed by atoms with Crippen LogP contribution in [0.25, 0.3) is 0 Å². The highest BCUT2D eigenvalue weighted by Gasteiger charge is 2.35. The van der Waals surface area contributed by atoms with Crippen LogP contribution in [0.3, 0.4) is 0 Å². The Morgan fingerprint density at radius 3 is 2.81 bits per heavy atom. The van der Waals surface area contributed by atoms with Crippen LogP contribution in [-0.4, -0.2) is 37.1 Å². The highest BCUT2D eigenvalue weighted by Crippen LogP contribution is 2.25. The summed E-state index contributed by atoms with van der Waals surface area (Å²) >= 11 is 0. The van der Waals surface area contributed by atoms with Crippen LogP contribution < -0.4 is 11.1 Å². The standard InChI is InChI=1S/C12H18FN3/c1-16-7-6-12(8-14,9-16)15-11-5-3-2-4-10(11)13/h2-5,15H,6-9,14H2,1H3. The van der Waals surface area contributed by atoms with E-state index >= 15 is 0 Å². The molecule has 0 radical (unpaired) electrons. The predicted octanol–water partition coefficient (Wildman–Crippen LogP) is 1.27. The molecule has 2 rings (SSSR count). The molecule has 1 aliphatic heterocycles. The molecule has 1 aliphatic rings. The number of halogens is 1. The third-order valence-corrected chi connectivity index (χ3v) is 3.21. The van der Waals surface area contributed by atoms with Gasteiger partial charge >= 0.3 is 0 Å². The second-order valence-electron chi connectivity index (χ2n) is 4.58. The molecule has 88 valence electrons. The Kier molecular flexibility index (Phi) is 3.12. The van der Waals surface area contributed by atoms with Crippen molar-refractivity contribution in [3.8, 4) is 0 Å². The van der Waals surface area contributed by atoms with Gasteiger partial charge in [0.1, 0.15) is 5.82 Å². The molecule has 1 unspecified atom stereocenters. The first-order valence-electron chi connectivity index (χ1n) is 5.56. The lowest BCUT2D eigenvalue weighted by atomic mass is 9.98. The van der Waals surface area contributed by atoms with E-state index in [2.05, 4.69) is 17.3 Å². The minimum Gasteiger partial charge on any atom is -0.375 e. The summed E-state index contributed by atoms with van der Waals surface area (Å²) in [6.45, 7) is 2.38. The fourth-order valence-corrected chi connectivity index (χ4v) is 2.25. The zero-order chi connectivity index (χ0) is 11.6. The molecule has 3 nitrogen and oxygen atoms in total. The lowest BCUT2D eigenvalue weighted by molar-refractivity contribution is 0.384. The highest BCUT2D eigenvalue weighted by atomic mass is 19.1. The number of hydrogen-bond donors (Lipinski definition) is 2. The van der Waals surface area contributed by atoms with Crippen LogP contribution in [-0.2, 0) is 0 Å². The largest absolute Gasteiger partial charge is 0.375 e. The van der Waals surface area contributed by atoms with E-state index in [4.69, 9.17) is 5.73 Å². The van der Waals surface area contributed by atoms with Crippen molar-refractivity contribution >= 4 is 5.69 Å². The van der Waals surface area contributed by atoms with Gasteiger partial charge in [0, 0.05) is 19.6 Å². The summed E-state index contributed by atoms with van der Waals surface area (Å²) in [5.41, 5.74) is 6.18. The number of nitrogens with zero attached hydrogens (tertiary/aromatic N) is 1. The van der Waals surface area contributed by atoms with E-state index in [0.29, 0.717) is 12.2 Å². The molecule has 16 heavy (non-hydrogen) atoms. The van der Waals surface area contributed by atoms with Gasteiger partial charge in [0.2, 0.25) is 0 Å². The number of anilines is 1. The first-order chi connectivity index (χ1) is 7.65. The van der Waals surface area contributed by atoms with E-state index < -0.39 is 0 Å². The van der Waals surface area contributed by atoms with Gasteiger partial charge < -0.3 is 16.0 Å². The van der Waals surface area contributed by atoms with Gasteiger partial charge in [0.25, 0.3) is 0 Å². The first-order valence-corrected chi connectivity index (χ1v) is 5.56. The summed E-state index contributed by atoms with van der Waals surface area (Å²) in [5.74, 6) is -0.218. The number of hydrogen-bond acceptors (Lipinski definition) is 3. The van der Waals surface area contributed by atoms with Crippen LogP contribution >= 0.6 is 0 Å². The third kappa shape index (κ3) is 2.18. The van der Waals surface area contributed by atoms with Crippen molar-refractivity contribution < 1.29 is 4.39 Å². The maximum atomic E-state index is 13.5. The quantitative estimate of drug-likeness (QED) is 0.811. The molecule has 0 spiro atoms. The molecule has 0 saturated carbocycles. The third-order valence-electron chi connectivity index (χ3n) is 3.21. The zero-order valence-corrected chi connectivity index (χ0v) is 9.54. The van der Waals surface area contributed by atoms with Crippen molar-refractivity contribution in [2.75, 3.05) is 32.0 Å². The molecule has 1 aromatic rings. The molecule has 0 amide bonds. The summed E-state index contributed by atoms with van der Waals surface area (Å²) in [6, 6.07) is 6.74. The number of likely N-dealkylation sites (N-methyl/N-ethyl adjacent to an activating group) is 1. The van der Waals surface area contributed by atoms with Crippen LogP contribution in [0.1, 0.15) is 6.42 Å². The van der Waals surface area contributed by atoms with Crippen LogP contribution in [0.2, 0.25) is 0 Å². The van der Waals surface area contributed by atoms with Gasteiger partial charge in [-0.1, -0.05) is 12.1 Å². The van der Waals surface area contributed by atoms with Crippen molar-refractivity contribution in [1.29, 1.82) is 0 Å². The maximum Gasteiger partial charge on any atom is 0.146 e. The summed E-state index contributed by atoms with van der Waals surface area (Å²) in [5, 5.41) is 3.26. The maximum absolute atomic E-state index is 13.5. The van der Waals surface area contributed by atoms with Gasteiger partial charge in [0.05, 0.1) is 11.2 Å². The fraction of sp³-hybridized carbons (Fsp3) is 0.500. The molecule has 0 aliphatic carbocycles. The molecular weight excluding hydrogens is 205 g/mol. The van der Waals surface area contributed by atoms with Gasteiger partial charge in [0.15, 0.2) is 0 Å². The molecule has 0 bridgehead atoms. The highest BCUT2D eigenvalue weighted by molar-refractivity contribution is 5.47. The zero-order valence-electron chi connectivity index (χ0n) is 9.54. The van der Waals surface area contributed by atoms with Crippen molar-refractivity contribution in [2.45, 2.75) is 12.0 Å². The molecule has 0 aromatic heterocycles. The second-order valence-corrected chi connectivity index (χ2v) is 4.58. The molecule has 1 fully saturated rings. The molecule has 3 N–H and O–H groups in total. The molecule has 1 atom stereocenters. The van der Waals surface area contributed by atoms with Crippen molar-refractivity contribution in [1.82, 2.24) is 4.90 Å². The number of para-hydroxylation sites is 1. The summed E-state index contributed by atoms with van der Waals surface area (Å²) in [6.07, 6.45) is 0.953. The lowest BCUT2D eigenvalue weighted by Gasteiger charge is -2.30. The Morgan fingerprint density at radius 2 is 2.25 bits per heavy atom. The Balaban J connectivity index is 2.16. The lowest BCUT2D eigenvalue weighted by Crippen LogP contribution is -2.47.